The molecule has 4 heteroatoms. The fraction of sp³-hybridized carbons (Fsp3) is 0.222. The van der Waals surface area contributed by atoms with Gasteiger partial charge in [-0.25, -0.2) is 0 Å². The van der Waals surface area contributed by atoms with Gasteiger partial charge in [-0.15, -0.1) is 0 Å². The molecule has 0 spiro atoms. The molecule has 0 saturated carbocycles. The van der Waals surface area contributed by atoms with Crippen LogP contribution in [0.5, 0.6) is 5.75 Å². The van der Waals surface area contributed by atoms with Crippen molar-refractivity contribution in [1.29, 1.82) is 0 Å². The van der Waals surface area contributed by atoms with E-state index in [9.17, 15) is 0 Å². The van der Waals surface area contributed by atoms with Gasteiger partial charge in [-0.2, -0.15) is 0 Å². The van der Waals surface area contributed by atoms with Crippen LogP contribution in [0.25, 0.3) is 0 Å². The first-order valence-electron chi connectivity index (χ1n) is 3.72. The summed E-state index contributed by atoms with van der Waals surface area (Å²) in [5.41, 5.74) is 1.52. The highest BCUT2D eigenvalue weighted by molar-refractivity contribution is 6.70. The summed E-state index contributed by atoms with van der Waals surface area (Å²) in [6.45, 7) is 1.87. The Balaban J connectivity index is 3.31. The normalized spacial score (nSPS) is 11.5. The Morgan fingerprint density at radius 3 is 2.77 bits per heavy atom. The van der Waals surface area contributed by atoms with E-state index >= 15 is 0 Å². The van der Waals surface area contributed by atoms with E-state index < -0.39 is 0 Å². The first kappa shape index (κ1) is 9.86. The zero-order valence-electron chi connectivity index (χ0n) is 7.41. The maximum absolute atomic E-state index is 8.53. The van der Waals surface area contributed by atoms with E-state index in [2.05, 4.69) is 5.16 Å². The van der Waals surface area contributed by atoms with Gasteiger partial charge in [0.1, 0.15) is 5.75 Å². The summed E-state index contributed by atoms with van der Waals surface area (Å²) in [7, 11) is 1.54. The van der Waals surface area contributed by atoms with E-state index in [-0.39, 0.29) is 5.17 Å². The van der Waals surface area contributed by atoms with E-state index in [1.165, 1.54) is 0 Å². The van der Waals surface area contributed by atoms with Gasteiger partial charge in [-0.05, 0) is 18.6 Å². The number of methoxy groups -OCH3 is 1. The average Bonchev–Trinajstić information content (AvgIpc) is 2.16. The molecule has 0 aromatic heterocycles. The monoisotopic (exact) mass is 199 g/mol. The van der Waals surface area contributed by atoms with E-state index in [1.54, 1.807) is 13.2 Å². The van der Waals surface area contributed by atoms with Gasteiger partial charge in [0.05, 0.1) is 12.7 Å². The molecule has 1 aromatic rings. The van der Waals surface area contributed by atoms with Gasteiger partial charge in [-0.3, -0.25) is 0 Å². The van der Waals surface area contributed by atoms with Crippen LogP contribution in [0.15, 0.2) is 23.4 Å². The summed E-state index contributed by atoms with van der Waals surface area (Å²) in [5, 5.41) is 11.5. The molecular formula is C9H10ClNO2. The summed E-state index contributed by atoms with van der Waals surface area (Å²) in [5.74, 6) is 0.600. The first-order valence-corrected chi connectivity index (χ1v) is 4.10. The van der Waals surface area contributed by atoms with Gasteiger partial charge in [0.2, 0.25) is 0 Å². The van der Waals surface area contributed by atoms with Gasteiger partial charge < -0.3 is 9.94 Å². The summed E-state index contributed by atoms with van der Waals surface area (Å²) in [4.78, 5) is 0. The molecule has 1 rings (SSSR count). The highest BCUT2D eigenvalue weighted by Gasteiger charge is 2.10. The number of aryl methyl sites for hydroxylation is 1. The molecule has 0 bridgehead atoms. The van der Waals surface area contributed by atoms with Crippen molar-refractivity contribution in [3.8, 4) is 5.75 Å². The van der Waals surface area contributed by atoms with E-state index in [0.717, 1.165) is 5.56 Å². The van der Waals surface area contributed by atoms with Crippen LogP contribution >= 0.6 is 11.6 Å². The van der Waals surface area contributed by atoms with Gasteiger partial charge in [0.25, 0.3) is 0 Å². The largest absolute Gasteiger partial charge is 0.496 e. The molecule has 0 aliphatic rings. The molecule has 0 saturated heterocycles. The molecule has 1 aromatic carbocycles. The van der Waals surface area contributed by atoms with Crippen LogP contribution in [-0.2, 0) is 0 Å². The van der Waals surface area contributed by atoms with Crippen LogP contribution < -0.4 is 4.74 Å². The number of ether oxygens (including phenoxy) is 1. The maximum atomic E-state index is 8.53. The third-order valence-corrected chi connectivity index (χ3v) is 2.01. The summed E-state index contributed by atoms with van der Waals surface area (Å²) < 4.78 is 5.07. The van der Waals surface area contributed by atoms with Crippen LogP contribution in [0.4, 0.5) is 0 Å². The standard InChI is InChI=1S/C9H10ClNO2/c1-6-4-3-5-7(13-2)8(6)9(10)11-12/h3-5,12H,1-2H3. The summed E-state index contributed by atoms with van der Waals surface area (Å²) in [6, 6.07) is 5.47. The lowest BCUT2D eigenvalue weighted by molar-refractivity contribution is 0.320. The second kappa shape index (κ2) is 4.14. The fourth-order valence-corrected chi connectivity index (χ4v) is 1.37. The van der Waals surface area contributed by atoms with Crippen molar-refractivity contribution < 1.29 is 9.94 Å². The Bertz CT molecular complexity index is 336. The van der Waals surface area contributed by atoms with Crippen LogP contribution in [-0.4, -0.2) is 17.5 Å². The molecule has 3 nitrogen and oxygen atoms in total. The quantitative estimate of drug-likeness (QED) is 0.452. The fourth-order valence-electron chi connectivity index (χ4n) is 1.13. The third-order valence-electron chi connectivity index (χ3n) is 1.75. The zero-order chi connectivity index (χ0) is 9.84. The Morgan fingerprint density at radius 2 is 2.23 bits per heavy atom. The van der Waals surface area contributed by atoms with Gasteiger partial charge in [-0.1, -0.05) is 28.9 Å². The van der Waals surface area contributed by atoms with Crippen molar-refractivity contribution in [1.82, 2.24) is 0 Å². The number of hydrogen-bond donors (Lipinski definition) is 1. The minimum Gasteiger partial charge on any atom is -0.496 e. The Kier molecular flexibility index (Phi) is 3.14. The van der Waals surface area contributed by atoms with Crippen molar-refractivity contribution in [3.63, 3.8) is 0 Å². The second-order valence-corrected chi connectivity index (χ2v) is 2.90. The van der Waals surface area contributed by atoms with E-state index in [4.69, 9.17) is 21.5 Å². The molecular weight excluding hydrogens is 190 g/mol. The van der Waals surface area contributed by atoms with Crippen molar-refractivity contribution in [2.45, 2.75) is 6.92 Å². The second-order valence-electron chi connectivity index (χ2n) is 2.54. The van der Waals surface area contributed by atoms with Gasteiger partial charge in [0.15, 0.2) is 5.17 Å². The lowest BCUT2D eigenvalue weighted by atomic mass is 10.1. The van der Waals surface area contributed by atoms with Crippen molar-refractivity contribution in [3.05, 3.63) is 29.3 Å². The highest BCUT2D eigenvalue weighted by Crippen LogP contribution is 2.23. The predicted molar refractivity (Wildman–Crippen MR) is 51.9 cm³/mol. The molecule has 0 heterocycles. The molecule has 0 amide bonds. The summed E-state index contributed by atoms with van der Waals surface area (Å²) in [6.07, 6.45) is 0. The number of hydrogen-bond acceptors (Lipinski definition) is 3. The molecule has 1 N–H and O–H groups in total. The number of rotatable bonds is 2. The molecule has 13 heavy (non-hydrogen) atoms. The number of halogens is 1. The molecule has 0 fully saturated rings. The Morgan fingerprint density at radius 1 is 1.54 bits per heavy atom. The highest BCUT2D eigenvalue weighted by atomic mass is 35.5. The maximum Gasteiger partial charge on any atom is 0.179 e. The SMILES string of the molecule is COc1cccc(C)c1C(Cl)=NO. The number of benzene rings is 1. The molecule has 0 aliphatic carbocycles. The zero-order valence-corrected chi connectivity index (χ0v) is 8.17. The Labute approximate surface area is 81.6 Å². The smallest absolute Gasteiger partial charge is 0.179 e. The Hall–Kier alpha value is -1.22. The van der Waals surface area contributed by atoms with E-state index in [1.807, 2.05) is 19.1 Å². The van der Waals surface area contributed by atoms with E-state index in [0.29, 0.717) is 11.3 Å². The summed E-state index contributed by atoms with van der Waals surface area (Å²) >= 11 is 5.70. The molecule has 0 atom stereocenters. The van der Waals surface area contributed by atoms with Crippen LogP contribution in [0, 0.1) is 6.92 Å². The minimum absolute atomic E-state index is 0.0370. The lowest BCUT2D eigenvalue weighted by Gasteiger charge is -2.08. The topological polar surface area (TPSA) is 41.8 Å². The first-order chi connectivity index (χ1) is 6.20. The van der Waals surface area contributed by atoms with Crippen molar-refractivity contribution in [2.24, 2.45) is 5.16 Å². The van der Waals surface area contributed by atoms with Crippen molar-refractivity contribution >= 4 is 16.8 Å². The van der Waals surface area contributed by atoms with Gasteiger partial charge in [0, 0.05) is 0 Å². The average molecular weight is 200 g/mol. The third kappa shape index (κ3) is 1.92. The van der Waals surface area contributed by atoms with Crippen LogP contribution in [0.2, 0.25) is 0 Å². The van der Waals surface area contributed by atoms with Gasteiger partial charge >= 0.3 is 0 Å². The minimum atomic E-state index is 0.0370. The lowest BCUT2D eigenvalue weighted by Crippen LogP contribution is -1.99. The number of nitrogens with zero attached hydrogens (tertiary/aromatic N) is 1. The molecule has 0 aliphatic heterocycles. The number of oxime groups is 1. The van der Waals surface area contributed by atoms with Crippen LogP contribution in [0.1, 0.15) is 11.1 Å². The van der Waals surface area contributed by atoms with Crippen LogP contribution in [0.3, 0.4) is 0 Å². The molecule has 0 radical (unpaired) electrons. The molecule has 0 unspecified atom stereocenters. The predicted octanol–water partition coefficient (Wildman–Crippen LogP) is 2.38. The van der Waals surface area contributed by atoms with Crippen molar-refractivity contribution in [2.75, 3.05) is 7.11 Å². The molecule has 70 valence electrons.